The predicted octanol–water partition coefficient (Wildman–Crippen LogP) is 3.06. The highest BCUT2D eigenvalue weighted by Gasteiger charge is 2.40. The van der Waals surface area contributed by atoms with Gasteiger partial charge in [-0.15, -0.1) is 0 Å². The third-order valence-electron chi connectivity index (χ3n) is 5.06. The van der Waals surface area contributed by atoms with Crippen LogP contribution < -0.4 is 5.32 Å². The first-order valence-corrected chi connectivity index (χ1v) is 9.84. The van der Waals surface area contributed by atoms with E-state index in [0.29, 0.717) is 6.54 Å². The van der Waals surface area contributed by atoms with Gasteiger partial charge in [0.25, 0.3) is 0 Å². The Bertz CT molecular complexity index is 906. The highest BCUT2D eigenvalue weighted by atomic mass is 32.1. The van der Waals surface area contributed by atoms with E-state index in [1.807, 2.05) is 30.5 Å². The zero-order valence-corrected chi connectivity index (χ0v) is 17.0. The predicted molar refractivity (Wildman–Crippen MR) is 113 cm³/mol. The molecule has 4 heterocycles. The molecule has 0 radical (unpaired) electrons. The van der Waals surface area contributed by atoms with Crippen LogP contribution in [0.3, 0.4) is 0 Å². The van der Waals surface area contributed by atoms with Gasteiger partial charge < -0.3 is 24.1 Å². The van der Waals surface area contributed by atoms with Crippen LogP contribution in [-0.2, 0) is 6.54 Å². The number of likely N-dealkylation sites (N-methyl/N-ethyl adjacent to an activating group) is 1. The van der Waals surface area contributed by atoms with E-state index in [4.69, 9.17) is 16.6 Å². The van der Waals surface area contributed by atoms with Crippen molar-refractivity contribution >= 4 is 17.3 Å². The van der Waals surface area contributed by atoms with Crippen LogP contribution in [0.4, 0.5) is 0 Å². The second-order valence-electron chi connectivity index (χ2n) is 7.26. The molecule has 1 aliphatic rings. The Labute approximate surface area is 170 Å². The van der Waals surface area contributed by atoms with Crippen molar-refractivity contribution in [3.8, 4) is 0 Å². The standard InChI is InChI=1S/C21H25N5OS/c1-24(2)12-13-26-20(19(23-21(26)28)17-8-3-4-10-22-17)18-9-5-11-25(18)15-16-7-6-14-27-16/h3-11,14,19-20H,12-13,15H2,1-2H3,(H,23,28)/t19-,20-/m1/s1. The Morgan fingerprint density at radius 2 is 2.07 bits per heavy atom. The third kappa shape index (κ3) is 3.81. The number of aromatic nitrogens is 2. The van der Waals surface area contributed by atoms with Crippen molar-refractivity contribution in [2.24, 2.45) is 0 Å². The van der Waals surface area contributed by atoms with Gasteiger partial charge in [0.2, 0.25) is 0 Å². The van der Waals surface area contributed by atoms with Crippen LogP contribution in [-0.4, -0.2) is 51.6 Å². The average Bonchev–Trinajstić information content (AvgIpc) is 3.42. The van der Waals surface area contributed by atoms with Crippen LogP contribution in [0, 0.1) is 0 Å². The van der Waals surface area contributed by atoms with Crippen molar-refractivity contribution < 1.29 is 4.42 Å². The first kappa shape index (κ1) is 18.7. The number of nitrogens with one attached hydrogen (secondary N) is 1. The smallest absolute Gasteiger partial charge is 0.170 e. The summed E-state index contributed by atoms with van der Waals surface area (Å²) < 4.78 is 7.80. The fraction of sp³-hybridized carbons (Fsp3) is 0.333. The molecule has 0 saturated carbocycles. The van der Waals surface area contributed by atoms with E-state index in [2.05, 4.69) is 63.2 Å². The SMILES string of the molecule is CN(C)CCN1C(=S)N[C@H](c2ccccn2)[C@H]1c1cccn1Cc1ccco1. The molecule has 0 amide bonds. The van der Waals surface area contributed by atoms with Gasteiger partial charge in [0, 0.05) is 31.2 Å². The number of hydrogen-bond donors (Lipinski definition) is 1. The van der Waals surface area contributed by atoms with Gasteiger partial charge in [0.15, 0.2) is 5.11 Å². The summed E-state index contributed by atoms with van der Waals surface area (Å²) >= 11 is 5.72. The third-order valence-corrected chi connectivity index (χ3v) is 5.41. The van der Waals surface area contributed by atoms with Crippen molar-refractivity contribution in [2.45, 2.75) is 18.6 Å². The van der Waals surface area contributed by atoms with E-state index in [1.165, 1.54) is 5.69 Å². The maximum absolute atomic E-state index is 5.72. The second kappa shape index (κ2) is 8.16. The molecule has 1 aliphatic heterocycles. The van der Waals surface area contributed by atoms with Gasteiger partial charge in [-0.05, 0) is 62.7 Å². The Morgan fingerprint density at radius 3 is 2.79 bits per heavy atom. The lowest BCUT2D eigenvalue weighted by Crippen LogP contribution is -2.36. The first-order valence-electron chi connectivity index (χ1n) is 9.43. The minimum absolute atomic E-state index is 0.00103. The number of rotatable bonds is 7. The van der Waals surface area contributed by atoms with Gasteiger partial charge in [0.05, 0.1) is 30.6 Å². The van der Waals surface area contributed by atoms with Crippen molar-refractivity contribution in [2.75, 3.05) is 27.2 Å². The van der Waals surface area contributed by atoms with E-state index in [0.717, 1.165) is 29.7 Å². The van der Waals surface area contributed by atoms with Gasteiger partial charge in [-0.3, -0.25) is 4.98 Å². The Hall–Kier alpha value is -2.64. The second-order valence-corrected chi connectivity index (χ2v) is 7.65. The summed E-state index contributed by atoms with van der Waals surface area (Å²) in [6, 6.07) is 14.3. The fourth-order valence-corrected chi connectivity index (χ4v) is 4.02. The highest BCUT2D eigenvalue weighted by Crippen LogP contribution is 2.38. The molecule has 28 heavy (non-hydrogen) atoms. The van der Waals surface area contributed by atoms with Gasteiger partial charge in [-0.1, -0.05) is 6.07 Å². The van der Waals surface area contributed by atoms with Crippen LogP contribution in [0.2, 0.25) is 0 Å². The number of hydrogen-bond acceptors (Lipinski definition) is 4. The summed E-state index contributed by atoms with van der Waals surface area (Å²) in [6.45, 7) is 2.46. The molecule has 0 spiro atoms. The minimum atomic E-state index is 0.00103. The molecule has 0 aliphatic carbocycles. The van der Waals surface area contributed by atoms with E-state index in [-0.39, 0.29) is 12.1 Å². The minimum Gasteiger partial charge on any atom is -0.467 e. The molecule has 7 heteroatoms. The Morgan fingerprint density at radius 1 is 1.18 bits per heavy atom. The monoisotopic (exact) mass is 395 g/mol. The Kier molecular flexibility index (Phi) is 5.45. The van der Waals surface area contributed by atoms with Gasteiger partial charge in [0.1, 0.15) is 5.76 Å². The highest BCUT2D eigenvalue weighted by molar-refractivity contribution is 7.80. The topological polar surface area (TPSA) is 49.5 Å². The molecule has 6 nitrogen and oxygen atoms in total. The summed E-state index contributed by atoms with van der Waals surface area (Å²) in [5.41, 5.74) is 2.19. The van der Waals surface area contributed by atoms with E-state index in [1.54, 1.807) is 6.26 Å². The molecule has 0 bridgehead atoms. The van der Waals surface area contributed by atoms with Crippen molar-refractivity contribution in [3.63, 3.8) is 0 Å². The largest absolute Gasteiger partial charge is 0.467 e. The van der Waals surface area contributed by atoms with Gasteiger partial charge in [-0.2, -0.15) is 0 Å². The van der Waals surface area contributed by atoms with Crippen molar-refractivity contribution in [1.82, 2.24) is 24.7 Å². The van der Waals surface area contributed by atoms with Crippen LogP contribution in [0.25, 0.3) is 0 Å². The molecular formula is C21H25N5OS. The zero-order chi connectivity index (χ0) is 19.5. The normalized spacial score (nSPS) is 19.4. The lowest BCUT2D eigenvalue weighted by atomic mass is 10.0. The molecule has 0 unspecified atom stereocenters. The van der Waals surface area contributed by atoms with Crippen LogP contribution >= 0.6 is 12.2 Å². The molecule has 1 fully saturated rings. The van der Waals surface area contributed by atoms with Crippen LogP contribution in [0.5, 0.6) is 0 Å². The summed E-state index contributed by atoms with van der Waals surface area (Å²) in [5, 5.41) is 4.28. The van der Waals surface area contributed by atoms with Gasteiger partial charge in [-0.25, -0.2) is 0 Å². The molecule has 3 aromatic heterocycles. The lowest BCUT2D eigenvalue weighted by molar-refractivity contribution is 0.269. The Balaban J connectivity index is 1.70. The van der Waals surface area contributed by atoms with E-state index >= 15 is 0 Å². The summed E-state index contributed by atoms with van der Waals surface area (Å²) in [6.07, 6.45) is 5.64. The fourth-order valence-electron chi connectivity index (χ4n) is 3.69. The number of furan rings is 1. The quantitative estimate of drug-likeness (QED) is 0.621. The lowest BCUT2D eigenvalue weighted by Gasteiger charge is -2.29. The molecule has 2 atom stereocenters. The molecular weight excluding hydrogens is 370 g/mol. The van der Waals surface area contributed by atoms with E-state index < -0.39 is 0 Å². The molecule has 3 aromatic rings. The van der Waals surface area contributed by atoms with Crippen LogP contribution in [0.15, 0.2) is 65.5 Å². The van der Waals surface area contributed by atoms with Gasteiger partial charge >= 0.3 is 0 Å². The summed E-state index contributed by atoms with van der Waals surface area (Å²) in [4.78, 5) is 9.06. The molecule has 0 aromatic carbocycles. The molecule has 1 saturated heterocycles. The maximum atomic E-state index is 5.72. The summed E-state index contributed by atoms with van der Waals surface area (Å²) in [5.74, 6) is 0.931. The van der Waals surface area contributed by atoms with Crippen LogP contribution in [0.1, 0.15) is 29.2 Å². The zero-order valence-electron chi connectivity index (χ0n) is 16.2. The number of pyridine rings is 1. The number of nitrogens with zero attached hydrogens (tertiary/aromatic N) is 4. The molecule has 4 rings (SSSR count). The number of thiocarbonyl (C=S) groups is 1. The van der Waals surface area contributed by atoms with Crippen molar-refractivity contribution in [1.29, 1.82) is 0 Å². The van der Waals surface area contributed by atoms with E-state index in [9.17, 15) is 0 Å². The maximum Gasteiger partial charge on any atom is 0.170 e. The molecule has 1 N–H and O–H groups in total. The molecule has 146 valence electrons. The first-order chi connectivity index (χ1) is 13.6. The van der Waals surface area contributed by atoms with Crippen molar-refractivity contribution in [3.05, 3.63) is 78.3 Å². The summed E-state index contributed by atoms with van der Waals surface area (Å²) in [7, 11) is 4.16. The average molecular weight is 396 g/mol.